The highest BCUT2D eigenvalue weighted by molar-refractivity contribution is 5.99. The van der Waals surface area contributed by atoms with E-state index in [4.69, 9.17) is 13.9 Å². The molecule has 2 aromatic carbocycles. The molecule has 170 valence electrons. The van der Waals surface area contributed by atoms with E-state index in [1.165, 1.54) is 0 Å². The SMILES string of the molecule is C=CCOc1cccc(C2c3c(oc4cc(C)cc(C)c4c3=O)C(=O)N2CC2CCCO2)c1. The van der Waals surface area contributed by atoms with Gasteiger partial charge in [0.05, 0.1) is 23.1 Å². The first kappa shape index (κ1) is 21.5. The third-order valence-corrected chi connectivity index (χ3v) is 6.38. The predicted molar refractivity (Wildman–Crippen MR) is 126 cm³/mol. The summed E-state index contributed by atoms with van der Waals surface area (Å²) >= 11 is 0. The van der Waals surface area contributed by atoms with E-state index in [1.54, 1.807) is 11.0 Å². The molecule has 0 spiro atoms. The van der Waals surface area contributed by atoms with Crippen molar-refractivity contribution in [2.24, 2.45) is 0 Å². The fourth-order valence-corrected chi connectivity index (χ4v) is 4.99. The summed E-state index contributed by atoms with van der Waals surface area (Å²) in [5.74, 6) is 0.501. The quantitative estimate of drug-likeness (QED) is 0.515. The minimum atomic E-state index is -0.565. The number of rotatable bonds is 6. The summed E-state index contributed by atoms with van der Waals surface area (Å²) in [6, 6.07) is 10.7. The van der Waals surface area contributed by atoms with E-state index in [1.807, 2.05) is 50.2 Å². The molecule has 0 saturated carbocycles. The molecule has 1 aromatic heterocycles. The number of carbonyl (C=O) groups excluding carboxylic acids is 1. The van der Waals surface area contributed by atoms with E-state index in [2.05, 4.69) is 6.58 Å². The van der Waals surface area contributed by atoms with Crippen molar-refractivity contribution in [3.05, 3.63) is 87.3 Å². The highest BCUT2D eigenvalue weighted by Gasteiger charge is 2.44. The van der Waals surface area contributed by atoms with Crippen molar-refractivity contribution in [2.45, 2.75) is 38.8 Å². The topological polar surface area (TPSA) is 69.0 Å². The minimum Gasteiger partial charge on any atom is -0.490 e. The van der Waals surface area contributed by atoms with Gasteiger partial charge >= 0.3 is 0 Å². The second kappa shape index (κ2) is 8.52. The summed E-state index contributed by atoms with van der Waals surface area (Å²) in [7, 11) is 0. The fourth-order valence-electron chi connectivity index (χ4n) is 4.99. The molecule has 0 bridgehead atoms. The van der Waals surface area contributed by atoms with Crippen LogP contribution in [-0.4, -0.2) is 36.7 Å². The Labute approximate surface area is 192 Å². The molecule has 1 fully saturated rings. The minimum absolute atomic E-state index is 0.0561. The van der Waals surface area contributed by atoms with Gasteiger partial charge in [-0.05, 0) is 61.6 Å². The summed E-state index contributed by atoms with van der Waals surface area (Å²) in [6.45, 7) is 9.00. The number of amides is 1. The molecule has 2 aliphatic rings. The maximum atomic E-state index is 13.8. The zero-order valence-electron chi connectivity index (χ0n) is 18.9. The van der Waals surface area contributed by atoms with Gasteiger partial charge in [-0.1, -0.05) is 30.9 Å². The summed E-state index contributed by atoms with van der Waals surface area (Å²) < 4.78 is 17.7. The number of hydrogen-bond acceptors (Lipinski definition) is 5. The molecular formula is C27H27NO5. The third kappa shape index (κ3) is 3.74. The number of nitrogens with zero attached hydrogens (tertiary/aromatic N) is 1. The van der Waals surface area contributed by atoms with Crippen molar-refractivity contribution in [3.8, 4) is 5.75 Å². The Bertz CT molecular complexity index is 1300. The van der Waals surface area contributed by atoms with Crippen LogP contribution in [0.25, 0.3) is 11.0 Å². The van der Waals surface area contributed by atoms with Gasteiger partial charge in [-0.3, -0.25) is 9.59 Å². The van der Waals surface area contributed by atoms with Crippen LogP contribution in [0.1, 0.15) is 51.7 Å². The molecule has 3 heterocycles. The van der Waals surface area contributed by atoms with Gasteiger partial charge < -0.3 is 18.8 Å². The van der Waals surface area contributed by atoms with Gasteiger partial charge in [-0.2, -0.15) is 0 Å². The van der Waals surface area contributed by atoms with Crippen LogP contribution in [0.5, 0.6) is 5.75 Å². The van der Waals surface area contributed by atoms with Crippen LogP contribution in [0, 0.1) is 13.8 Å². The number of hydrogen-bond donors (Lipinski definition) is 0. The van der Waals surface area contributed by atoms with Crippen molar-refractivity contribution in [1.82, 2.24) is 4.90 Å². The lowest BCUT2D eigenvalue weighted by Crippen LogP contribution is -2.36. The number of ether oxygens (including phenoxy) is 2. The average molecular weight is 446 g/mol. The second-order valence-electron chi connectivity index (χ2n) is 8.80. The van der Waals surface area contributed by atoms with Crippen LogP contribution in [0.15, 0.2) is 58.3 Å². The fraction of sp³-hybridized carbons (Fsp3) is 0.333. The van der Waals surface area contributed by atoms with Crippen molar-refractivity contribution in [3.63, 3.8) is 0 Å². The molecule has 33 heavy (non-hydrogen) atoms. The van der Waals surface area contributed by atoms with Crippen LogP contribution < -0.4 is 10.2 Å². The van der Waals surface area contributed by atoms with Crippen LogP contribution in [0.2, 0.25) is 0 Å². The Kier molecular flexibility index (Phi) is 5.54. The summed E-state index contributed by atoms with van der Waals surface area (Å²) in [4.78, 5) is 29.1. The molecule has 5 rings (SSSR count). The van der Waals surface area contributed by atoms with Crippen molar-refractivity contribution < 1.29 is 18.7 Å². The largest absolute Gasteiger partial charge is 0.490 e. The van der Waals surface area contributed by atoms with Gasteiger partial charge in [0.15, 0.2) is 5.43 Å². The molecule has 6 heteroatoms. The maximum absolute atomic E-state index is 13.8. The molecule has 2 atom stereocenters. The Balaban J connectivity index is 1.69. The first-order valence-electron chi connectivity index (χ1n) is 11.3. The van der Waals surface area contributed by atoms with Crippen LogP contribution in [0.4, 0.5) is 0 Å². The first-order chi connectivity index (χ1) is 16.0. The molecule has 6 nitrogen and oxygen atoms in total. The Morgan fingerprint density at radius 3 is 2.82 bits per heavy atom. The van der Waals surface area contributed by atoms with E-state index in [0.717, 1.165) is 29.5 Å². The number of fused-ring (bicyclic) bond motifs is 2. The van der Waals surface area contributed by atoms with Gasteiger partial charge in [-0.25, -0.2) is 0 Å². The Morgan fingerprint density at radius 1 is 1.21 bits per heavy atom. The van der Waals surface area contributed by atoms with Crippen molar-refractivity contribution in [2.75, 3.05) is 19.8 Å². The highest BCUT2D eigenvalue weighted by atomic mass is 16.5. The number of carbonyl (C=O) groups is 1. The summed E-state index contributed by atoms with van der Waals surface area (Å²) in [5, 5.41) is 0.523. The second-order valence-corrected chi connectivity index (χ2v) is 8.80. The standard InChI is InChI=1S/C27H27NO5/c1-4-10-31-19-8-5-7-18(14-19)24-23-25(29)22-17(3)12-16(2)13-21(22)33-26(23)27(30)28(24)15-20-9-6-11-32-20/h4-5,7-8,12-14,20,24H,1,6,9-11,15H2,2-3H3. The molecule has 1 amide bonds. The number of aryl methyl sites for hydroxylation is 2. The van der Waals surface area contributed by atoms with Gasteiger partial charge in [0.2, 0.25) is 5.76 Å². The monoisotopic (exact) mass is 445 g/mol. The van der Waals surface area contributed by atoms with Gasteiger partial charge in [0.25, 0.3) is 5.91 Å². The molecule has 2 aliphatic heterocycles. The zero-order chi connectivity index (χ0) is 23.1. The van der Waals surface area contributed by atoms with Crippen molar-refractivity contribution in [1.29, 1.82) is 0 Å². The van der Waals surface area contributed by atoms with Crippen LogP contribution in [-0.2, 0) is 4.74 Å². The number of benzene rings is 2. The van der Waals surface area contributed by atoms with Gasteiger partial charge in [0, 0.05) is 13.2 Å². The van der Waals surface area contributed by atoms with Crippen LogP contribution in [0.3, 0.4) is 0 Å². The lowest BCUT2D eigenvalue weighted by Gasteiger charge is -2.27. The third-order valence-electron chi connectivity index (χ3n) is 6.38. The predicted octanol–water partition coefficient (Wildman–Crippen LogP) is 4.70. The maximum Gasteiger partial charge on any atom is 0.291 e. The lowest BCUT2D eigenvalue weighted by atomic mass is 9.96. The van der Waals surface area contributed by atoms with E-state index in [-0.39, 0.29) is 23.2 Å². The molecular weight excluding hydrogens is 418 g/mol. The van der Waals surface area contributed by atoms with E-state index >= 15 is 0 Å². The van der Waals surface area contributed by atoms with Crippen molar-refractivity contribution >= 4 is 16.9 Å². The summed E-state index contributed by atoms with van der Waals surface area (Å²) in [6.07, 6.45) is 3.47. The molecule has 0 N–H and O–H groups in total. The van der Waals surface area contributed by atoms with E-state index in [9.17, 15) is 9.59 Å². The van der Waals surface area contributed by atoms with E-state index < -0.39 is 6.04 Å². The molecule has 0 radical (unpaired) electrons. The van der Waals surface area contributed by atoms with Crippen LogP contribution >= 0.6 is 0 Å². The van der Waals surface area contributed by atoms with Gasteiger partial charge in [0.1, 0.15) is 17.9 Å². The Hall–Kier alpha value is -3.38. The smallest absolute Gasteiger partial charge is 0.291 e. The molecule has 0 aliphatic carbocycles. The molecule has 3 aromatic rings. The molecule has 1 saturated heterocycles. The van der Waals surface area contributed by atoms with Gasteiger partial charge in [-0.15, -0.1) is 0 Å². The highest BCUT2D eigenvalue weighted by Crippen LogP contribution is 2.40. The summed E-state index contributed by atoms with van der Waals surface area (Å²) in [5.41, 5.74) is 3.30. The zero-order valence-corrected chi connectivity index (χ0v) is 18.9. The first-order valence-corrected chi connectivity index (χ1v) is 11.3. The Morgan fingerprint density at radius 2 is 2.06 bits per heavy atom. The average Bonchev–Trinajstić information content (AvgIpc) is 3.39. The lowest BCUT2D eigenvalue weighted by molar-refractivity contribution is 0.0486. The normalized spacial score (nSPS) is 19.8. The molecule has 2 unspecified atom stereocenters. The van der Waals surface area contributed by atoms with E-state index in [0.29, 0.717) is 42.0 Å².